The summed E-state index contributed by atoms with van der Waals surface area (Å²) in [7, 11) is 0. The molecule has 0 saturated heterocycles. The minimum Gasteiger partial charge on any atom is -0.422 e. The number of hydrogen-bond donors (Lipinski definition) is 2. The van der Waals surface area contributed by atoms with Crippen molar-refractivity contribution in [2.75, 3.05) is 11.9 Å². The Morgan fingerprint density at radius 3 is 3.00 bits per heavy atom. The van der Waals surface area contributed by atoms with Crippen LogP contribution in [-0.4, -0.2) is 23.5 Å². The minimum atomic E-state index is 0.107. The molecule has 21 heavy (non-hydrogen) atoms. The van der Waals surface area contributed by atoms with Gasteiger partial charge in [0.2, 0.25) is 5.91 Å². The molecule has 0 aliphatic rings. The van der Waals surface area contributed by atoms with Gasteiger partial charge in [0.25, 0.3) is 6.01 Å². The molecule has 114 valence electrons. The van der Waals surface area contributed by atoms with Crippen LogP contribution >= 0.6 is 15.9 Å². The van der Waals surface area contributed by atoms with Gasteiger partial charge in [0.05, 0.1) is 4.47 Å². The number of carbonyl (C=O) groups is 1. The van der Waals surface area contributed by atoms with Gasteiger partial charge in [0.15, 0.2) is 5.58 Å². The van der Waals surface area contributed by atoms with Gasteiger partial charge in [-0.2, -0.15) is 4.98 Å². The van der Waals surface area contributed by atoms with E-state index in [1.165, 1.54) is 0 Å². The lowest BCUT2D eigenvalue weighted by molar-refractivity contribution is -0.121. The van der Waals surface area contributed by atoms with E-state index in [0.717, 1.165) is 28.4 Å². The maximum atomic E-state index is 11.5. The molecule has 2 N–H and O–H groups in total. The SMILES string of the molecule is CCCC(=O)NC(C)CCNc1nc2cccc(Br)c2o1. The van der Waals surface area contributed by atoms with Crippen LogP contribution in [0.3, 0.4) is 0 Å². The maximum absolute atomic E-state index is 11.5. The highest BCUT2D eigenvalue weighted by molar-refractivity contribution is 9.10. The Kier molecular flexibility index (Phi) is 5.61. The Balaban J connectivity index is 1.82. The van der Waals surface area contributed by atoms with Crippen LogP contribution in [0.1, 0.15) is 33.1 Å². The van der Waals surface area contributed by atoms with Crippen molar-refractivity contribution in [2.24, 2.45) is 0 Å². The summed E-state index contributed by atoms with van der Waals surface area (Å²) in [4.78, 5) is 15.8. The lowest BCUT2D eigenvalue weighted by Crippen LogP contribution is -2.33. The Morgan fingerprint density at radius 2 is 2.29 bits per heavy atom. The predicted molar refractivity (Wildman–Crippen MR) is 87.3 cm³/mol. The molecular formula is C15H20BrN3O2. The van der Waals surface area contributed by atoms with E-state index in [2.05, 4.69) is 31.5 Å². The molecule has 0 saturated carbocycles. The van der Waals surface area contributed by atoms with Crippen LogP contribution in [0.25, 0.3) is 11.1 Å². The summed E-state index contributed by atoms with van der Waals surface area (Å²) in [6, 6.07) is 6.38. The highest BCUT2D eigenvalue weighted by Crippen LogP contribution is 2.26. The number of nitrogens with one attached hydrogen (secondary N) is 2. The molecule has 0 bridgehead atoms. The second-order valence-electron chi connectivity index (χ2n) is 5.04. The molecule has 0 spiro atoms. The topological polar surface area (TPSA) is 67.2 Å². The minimum absolute atomic E-state index is 0.107. The first kappa shape index (κ1) is 15.8. The van der Waals surface area contributed by atoms with Gasteiger partial charge in [-0.25, -0.2) is 0 Å². The van der Waals surface area contributed by atoms with Crippen molar-refractivity contribution in [2.45, 2.75) is 39.2 Å². The summed E-state index contributed by atoms with van der Waals surface area (Å²) in [6.07, 6.45) is 2.26. The fourth-order valence-electron chi connectivity index (χ4n) is 2.03. The average molecular weight is 354 g/mol. The normalized spacial score (nSPS) is 12.3. The summed E-state index contributed by atoms with van der Waals surface area (Å²) in [6.45, 7) is 4.69. The number of anilines is 1. The van der Waals surface area contributed by atoms with Crippen molar-refractivity contribution in [3.8, 4) is 0 Å². The van der Waals surface area contributed by atoms with Gasteiger partial charge in [-0.05, 0) is 47.8 Å². The Morgan fingerprint density at radius 1 is 1.48 bits per heavy atom. The molecule has 0 radical (unpaired) electrons. The Hall–Kier alpha value is -1.56. The number of fused-ring (bicyclic) bond motifs is 1. The fraction of sp³-hybridized carbons (Fsp3) is 0.467. The highest BCUT2D eigenvalue weighted by Gasteiger charge is 2.09. The van der Waals surface area contributed by atoms with Crippen LogP contribution < -0.4 is 10.6 Å². The van der Waals surface area contributed by atoms with Crippen molar-refractivity contribution in [1.29, 1.82) is 0 Å². The van der Waals surface area contributed by atoms with E-state index in [-0.39, 0.29) is 11.9 Å². The van der Waals surface area contributed by atoms with Crippen LogP contribution in [-0.2, 0) is 4.79 Å². The maximum Gasteiger partial charge on any atom is 0.295 e. The van der Waals surface area contributed by atoms with Gasteiger partial charge >= 0.3 is 0 Å². The van der Waals surface area contributed by atoms with E-state index >= 15 is 0 Å². The first-order chi connectivity index (χ1) is 10.1. The fourth-order valence-corrected chi connectivity index (χ4v) is 2.47. The molecule has 1 aromatic heterocycles. The van der Waals surface area contributed by atoms with Crippen molar-refractivity contribution in [3.63, 3.8) is 0 Å². The smallest absolute Gasteiger partial charge is 0.295 e. The molecule has 1 amide bonds. The van der Waals surface area contributed by atoms with Gasteiger partial charge in [0.1, 0.15) is 5.52 Å². The van der Waals surface area contributed by atoms with Gasteiger partial charge in [-0.3, -0.25) is 4.79 Å². The molecule has 5 nitrogen and oxygen atoms in total. The number of para-hydroxylation sites is 1. The van der Waals surface area contributed by atoms with E-state index in [1.807, 2.05) is 32.0 Å². The Bertz CT molecular complexity index is 612. The van der Waals surface area contributed by atoms with E-state index < -0.39 is 0 Å². The molecule has 1 atom stereocenters. The molecule has 1 unspecified atom stereocenters. The number of aromatic nitrogens is 1. The standard InChI is InChI=1S/C15H20BrN3O2/c1-3-5-13(20)18-10(2)8-9-17-15-19-12-7-4-6-11(16)14(12)21-15/h4,6-7,10H,3,5,8-9H2,1-2H3,(H,17,19)(H,18,20). The third-order valence-electron chi connectivity index (χ3n) is 3.10. The molecule has 0 fully saturated rings. The lowest BCUT2D eigenvalue weighted by Gasteiger charge is -2.13. The summed E-state index contributed by atoms with van der Waals surface area (Å²) in [5.41, 5.74) is 1.56. The van der Waals surface area contributed by atoms with Crippen molar-refractivity contribution < 1.29 is 9.21 Å². The van der Waals surface area contributed by atoms with Crippen molar-refractivity contribution in [3.05, 3.63) is 22.7 Å². The molecule has 0 aliphatic heterocycles. The summed E-state index contributed by atoms with van der Waals surface area (Å²) < 4.78 is 6.53. The van der Waals surface area contributed by atoms with Crippen LogP contribution in [0.15, 0.2) is 27.1 Å². The number of rotatable bonds is 7. The average Bonchev–Trinajstić information content (AvgIpc) is 2.83. The monoisotopic (exact) mass is 353 g/mol. The lowest BCUT2D eigenvalue weighted by atomic mass is 10.2. The number of oxazole rings is 1. The van der Waals surface area contributed by atoms with Gasteiger partial charge < -0.3 is 15.1 Å². The second-order valence-corrected chi connectivity index (χ2v) is 5.90. The first-order valence-electron chi connectivity index (χ1n) is 7.18. The molecule has 6 heteroatoms. The second kappa shape index (κ2) is 7.45. The summed E-state index contributed by atoms with van der Waals surface area (Å²) >= 11 is 3.43. The largest absolute Gasteiger partial charge is 0.422 e. The van der Waals surface area contributed by atoms with E-state index in [9.17, 15) is 4.79 Å². The highest BCUT2D eigenvalue weighted by atomic mass is 79.9. The van der Waals surface area contributed by atoms with Crippen LogP contribution in [0, 0.1) is 0 Å². The molecule has 2 rings (SSSR count). The van der Waals surface area contributed by atoms with E-state index in [4.69, 9.17) is 4.42 Å². The number of amides is 1. The van der Waals surface area contributed by atoms with Crippen LogP contribution in [0.4, 0.5) is 6.01 Å². The van der Waals surface area contributed by atoms with Crippen molar-refractivity contribution in [1.82, 2.24) is 10.3 Å². The predicted octanol–water partition coefficient (Wildman–Crippen LogP) is 3.70. The van der Waals surface area contributed by atoms with Gasteiger partial charge in [-0.15, -0.1) is 0 Å². The van der Waals surface area contributed by atoms with Crippen LogP contribution in [0.2, 0.25) is 0 Å². The van der Waals surface area contributed by atoms with Gasteiger partial charge in [-0.1, -0.05) is 13.0 Å². The number of carbonyl (C=O) groups excluding carboxylic acids is 1. The summed E-state index contributed by atoms with van der Waals surface area (Å²) in [5, 5.41) is 6.11. The zero-order valence-electron chi connectivity index (χ0n) is 12.3. The number of benzene rings is 1. The molecule has 0 aliphatic carbocycles. The quantitative estimate of drug-likeness (QED) is 0.796. The van der Waals surface area contributed by atoms with Crippen LogP contribution in [0.5, 0.6) is 0 Å². The zero-order chi connectivity index (χ0) is 15.2. The number of halogens is 1. The third kappa shape index (κ3) is 4.46. The molecular weight excluding hydrogens is 334 g/mol. The Labute approximate surface area is 132 Å². The third-order valence-corrected chi connectivity index (χ3v) is 3.73. The number of hydrogen-bond acceptors (Lipinski definition) is 4. The molecule has 1 aromatic carbocycles. The zero-order valence-corrected chi connectivity index (χ0v) is 13.9. The van der Waals surface area contributed by atoms with E-state index in [0.29, 0.717) is 19.0 Å². The first-order valence-corrected chi connectivity index (χ1v) is 7.97. The molecule has 2 aromatic rings. The van der Waals surface area contributed by atoms with E-state index in [1.54, 1.807) is 0 Å². The summed E-state index contributed by atoms with van der Waals surface area (Å²) in [5.74, 6) is 0.107. The molecule has 1 heterocycles. The number of nitrogens with zero attached hydrogens (tertiary/aromatic N) is 1. The van der Waals surface area contributed by atoms with Gasteiger partial charge in [0, 0.05) is 19.0 Å². The van der Waals surface area contributed by atoms with Crippen molar-refractivity contribution >= 4 is 39.0 Å².